The average Bonchev–Trinajstić information content (AvgIpc) is 3.92. The van der Waals surface area contributed by atoms with Gasteiger partial charge in [-0.2, -0.15) is 8.61 Å². The van der Waals surface area contributed by atoms with Crippen molar-refractivity contribution in [3.8, 4) is 11.5 Å². The zero-order valence-electron chi connectivity index (χ0n) is 41.1. The SMILES string of the molecule is CCCCCCCCNC1CCCN(S(=O)(=O)c2ccc(CNC(=O)c3cccc(OC)c3)s2)CC1.CCCCCNC1CCCN(S(=O)(=O)c2ccc(CNC(=O)c3cccc(OC)c3)s2)CC1. The molecule has 69 heavy (non-hydrogen) atoms. The van der Waals surface area contributed by atoms with Gasteiger partial charge >= 0.3 is 0 Å². The van der Waals surface area contributed by atoms with Crippen LogP contribution in [-0.2, 0) is 33.1 Å². The van der Waals surface area contributed by atoms with Crippen LogP contribution in [0.25, 0.3) is 0 Å². The fourth-order valence-electron chi connectivity index (χ4n) is 8.43. The third-order valence-corrected chi connectivity index (χ3v) is 19.4. The minimum absolute atomic E-state index is 0.223. The third-order valence-electron chi connectivity index (χ3n) is 12.5. The Balaban J connectivity index is 0.000000258. The van der Waals surface area contributed by atoms with E-state index in [-0.39, 0.29) is 24.9 Å². The third kappa shape index (κ3) is 18.0. The van der Waals surface area contributed by atoms with Crippen molar-refractivity contribution in [2.75, 3.05) is 53.5 Å². The number of sulfonamides is 2. The van der Waals surface area contributed by atoms with Crippen LogP contribution in [0.3, 0.4) is 0 Å². The summed E-state index contributed by atoms with van der Waals surface area (Å²) in [4.78, 5) is 26.5. The molecule has 18 heteroatoms. The van der Waals surface area contributed by atoms with Gasteiger partial charge < -0.3 is 30.7 Å². The minimum Gasteiger partial charge on any atom is -0.497 e. The van der Waals surface area contributed by atoms with Crippen molar-refractivity contribution in [3.05, 3.63) is 93.7 Å². The molecule has 2 aliphatic rings. The maximum atomic E-state index is 13.3. The van der Waals surface area contributed by atoms with E-state index in [1.807, 2.05) is 0 Å². The molecule has 0 spiro atoms. The highest BCUT2D eigenvalue weighted by atomic mass is 32.3. The second-order valence-electron chi connectivity index (χ2n) is 17.7. The van der Waals surface area contributed by atoms with Gasteiger partial charge in [-0.15, -0.1) is 22.7 Å². The predicted octanol–water partition coefficient (Wildman–Crippen LogP) is 9.19. The monoisotopic (exact) mass is 1030 g/mol. The molecular formula is C51H76N6O8S4. The topological polar surface area (TPSA) is 175 Å². The van der Waals surface area contributed by atoms with Gasteiger partial charge in [0.1, 0.15) is 19.9 Å². The number of rotatable bonds is 25. The summed E-state index contributed by atoms with van der Waals surface area (Å²) >= 11 is 2.45. The van der Waals surface area contributed by atoms with Crippen LogP contribution in [0.15, 0.2) is 81.2 Å². The number of hydrogen-bond donors (Lipinski definition) is 4. The molecule has 2 amide bonds. The maximum absolute atomic E-state index is 13.3. The van der Waals surface area contributed by atoms with E-state index < -0.39 is 20.0 Å². The van der Waals surface area contributed by atoms with E-state index in [0.717, 1.165) is 61.4 Å². The Morgan fingerprint density at radius 1 is 0.565 bits per heavy atom. The first-order valence-corrected chi connectivity index (χ1v) is 29.4. The lowest BCUT2D eigenvalue weighted by Crippen LogP contribution is -2.34. The molecule has 2 unspecified atom stereocenters. The molecule has 0 saturated carbocycles. The number of thiophene rings is 2. The fraction of sp³-hybridized carbons (Fsp3) is 0.569. The fourth-order valence-corrected chi connectivity index (χ4v) is 14.3. The molecule has 4 N–H and O–H groups in total. The van der Waals surface area contributed by atoms with Crippen molar-refractivity contribution in [2.24, 2.45) is 0 Å². The molecule has 4 heterocycles. The maximum Gasteiger partial charge on any atom is 0.252 e. The van der Waals surface area contributed by atoms with Crippen LogP contribution in [0.2, 0.25) is 0 Å². The van der Waals surface area contributed by atoms with E-state index in [9.17, 15) is 26.4 Å². The first-order chi connectivity index (χ1) is 33.4. The Morgan fingerprint density at radius 2 is 0.986 bits per heavy atom. The molecule has 0 radical (unpaired) electrons. The van der Waals surface area contributed by atoms with Gasteiger partial charge in [0.2, 0.25) is 0 Å². The van der Waals surface area contributed by atoms with E-state index in [0.29, 0.717) is 69.3 Å². The van der Waals surface area contributed by atoms with Gasteiger partial charge in [0.05, 0.1) is 27.3 Å². The standard InChI is InChI=1S/C27H41N3O4S2.C24H35N3O4S2/c1-3-4-5-6-7-8-17-28-23-12-10-18-30(19-16-23)36(32,33)26-15-14-25(35-26)21-29-27(31)22-11-9-13-24(20-22)34-2;1-3-4-5-14-25-20-9-7-15-27(16-13-20)33(29,30)23-12-11-22(32-23)18-26-24(28)19-8-6-10-21(17-19)31-2/h9,11,13-15,20,23,28H,3-8,10,12,16-19,21H2,1-2H3,(H,29,31);6,8,10-12,17,20,25H,3-5,7,9,13-16,18H2,1-2H3,(H,26,28). The molecule has 14 nitrogen and oxygen atoms in total. The number of carbonyl (C=O) groups is 2. The van der Waals surface area contributed by atoms with Gasteiger partial charge in [-0.25, -0.2) is 16.8 Å². The number of hydrogen-bond acceptors (Lipinski definition) is 12. The quantitative estimate of drug-likeness (QED) is 0.0469. The molecule has 6 rings (SSSR count). The van der Waals surface area contributed by atoms with E-state index in [1.165, 1.54) is 80.5 Å². The number of unbranched alkanes of at least 4 members (excludes halogenated alkanes) is 7. The predicted molar refractivity (Wildman–Crippen MR) is 279 cm³/mol. The summed E-state index contributed by atoms with van der Waals surface area (Å²) in [5.41, 5.74) is 1.00. The Morgan fingerprint density at radius 3 is 1.43 bits per heavy atom. The van der Waals surface area contributed by atoms with Crippen molar-refractivity contribution >= 4 is 54.5 Å². The summed E-state index contributed by atoms with van der Waals surface area (Å²) in [6, 6.07) is 21.5. The minimum atomic E-state index is -3.53. The van der Waals surface area contributed by atoms with Crippen LogP contribution in [0, 0.1) is 0 Å². The number of ether oxygens (including phenoxy) is 2. The number of methoxy groups -OCH3 is 2. The molecule has 2 aromatic heterocycles. The zero-order valence-corrected chi connectivity index (χ0v) is 44.4. The van der Waals surface area contributed by atoms with E-state index >= 15 is 0 Å². The molecule has 0 bridgehead atoms. The summed E-state index contributed by atoms with van der Waals surface area (Å²) in [7, 11) is -3.94. The first kappa shape index (κ1) is 56.0. The zero-order chi connectivity index (χ0) is 49.5. The van der Waals surface area contributed by atoms with E-state index in [4.69, 9.17) is 9.47 Å². The molecule has 4 aromatic rings. The summed E-state index contributed by atoms with van der Waals surface area (Å²) in [5, 5.41) is 13.0. The van der Waals surface area contributed by atoms with Gasteiger partial charge in [0, 0.05) is 59.1 Å². The molecule has 2 aromatic carbocycles. The molecule has 2 atom stereocenters. The molecule has 2 aliphatic heterocycles. The Kier molecular flexibility index (Phi) is 23.9. The van der Waals surface area contributed by atoms with Crippen molar-refractivity contribution in [1.29, 1.82) is 0 Å². The van der Waals surface area contributed by atoms with Crippen LogP contribution in [0.5, 0.6) is 11.5 Å². The van der Waals surface area contributed by atoms with E-state index in [1.54, 1.807) is 95.6 Å². The number of nitrogens with one attached hydrogen (secondary N) is 4. The number of nitrogens with zero attached hydrogens (tertiary/aromatic N) is 2. The summed E-state index contributed by atoms with van der Waals surface area (Å²) in [6.45, 7) is 9.18. The van der Waals surface area contributed by atoms with Crippen molar-refractivity contribution in [1.82, 2.24) is 29.9 Å². The number of benzene rings is 2. The van der Waals surface area contributed by atoms with Crippen LogP contribution in [-0.4, -0.2) is 103 Å². The van der Waals surface area contributed by atoms with Crippen LogP contribution in [0.4, 0.5) is 0 Å². The Labute approximate surface area is 420 Å². The summed E-state index contributed by atoms with van der Waals surface area (Å²) < 4.78 is 67.2. The van der Waals surface area contributed by atoms with Gasteiger partial charge in [-0.3, -0.25) is 9.59 Å². The molecule has 2 saturated heterocycles. The van der Waals surface area contributed by atoms with Crippen LogP contribution < -0.4 is 30.7 Å². The Bertz CT molecular complexity index is 2390. The van der Waals surface area contributed by atoms with Crippen molar-refractivity contribution in [3.63, 3.8) is 0 Å². The lowest BCUT2D eigenvalue weighted by Gasteiger charge is -2.19. The number of amides is 2. The summed E-state index contributed by atoms with van der Waals surface area (Å²) in [6.07, 6.45) is 16.7. The first-order valence-electron chi connectivity index (χ1n) is 24.9. The molecule has 0 aliphatic carbocycles. The second kappa shape index (κ2) is 29.5. The van der Waals surface area contributed by atoms with Crippen molar-refractivity contribution in [2.45, 2.75) is 144 Å². The normalized spacial score (nSPS) is 17.2. The smallest absolute Gasteiger partial charge is 0.252 e. The highest BCUT2D eigenvalue weighted by molar-refractivity contribution is 7.91. The van der Waals surface area contributed by atoms with Gasteiger partial charge in [-0.1, -0.05) is 70.9 Å². The second-order valence-corrected chi connectivity index (χ2v) is 24.4. The molecular weight excluding hydrogens is 953 g/mol. The van der Waals surface area contributed by atoms with Crippen LogP contribution in [0.1, 0.15) is 141 Å². The van der Waals surface area contributed by atoms with Gasteiger partial charge in [0.15, 0.2) is 0 Å². The Hall–Kier alpha value is -3.88. The lowest BCUT2D eigenvalue weighted by atomic mass is 10.1. The van der Waals surface area contributed by atoms with Gasteiger partial charge in [0.25, 0.3) is 31.9 Å². The molecule has 2 fully saturated rings. The summed E-state index contributed by atoms with van der Waals surface area (Å²) in [5.74, 6) is 0.780. The molecule has 382 valence electrons. The number of carbonyl (C=O) groups excluding carboxylic acids is 2. The highest BCUT2D eigenvalue weighted by Gasteiger charge is 2.30. The average molecular weight is 1030 g/mol. The van der Waals surface area contributed by atoms with Crippen molar-refractivity contribution < 1.29 is 35.9 Å². The largest absolute Gasteiger partial charge is 0.497 e. The van der Waals surface area contributed by atoms with Gasteiger partial charge in [-0.05, 0) is 125 Å². The van der Waals surface area contributed by atoms with Crippen LogP contribution >= 0.6 is 22.7 Å². The lowest BCUT2D eigenvalue weighted by molar-refractivity contribution is 0.0943. The highest BCUT2D eigenvalue weighted by Crippen LogP contribution is 2.29. The van der Waals surface area contributed by atoms with E-state index in [2.05, 4.69) is 35.1 Å².